The lowest BCUT2D eigenvalue weighted by Crippen LogP contribution is -2.38. The fraction of sp³-hybridized carbons (Fsp3) is 0.241. The molecule has 2 heterocycles. The van der Waals surface area contributed by atoms with E-state index in [0.29, 0.717) is 23.5 Å². The second kappa shape index (κ2) is 10.1. The highest BCUT2D eigenvalue weighted by Crippen LogP contribution is 2.42. The van der Waals surface area contributed by atoms with E-state index in [4.69, 9.17) is 5.73 Å². The first-order valence-electron chi connectivity index (χ1n) is 12.2. The molecular formula is C29H25F2N5O2. The van der Waals surface area contributed by atoms with E-state index < -0.39 is 17.5 Å². The number of hydrogen-bond donors (Lipinski definition) is 1. The van der Waals surface area contributed by atoms with Gasteiger partial charge in [-0.05, 0) is 66.6 Å². The summed E-state index contributed by atoms with van der Waals surface area (Å²) < 4.78 is 29.9. The van der Waals surface area contributed by atoms with Gasteiger partial charge in [0.25, 0.3) is 5.91 Å². The molecule has 2 N–H and O–H groups in total. The van der Waals surface area contributed by atoms with Crippen LogP contribution in [-0.2, 0) is 11.2 Å². The molecule has 5 rings (SSSR count). The summed E-state index contributed by atoms with van der Waals surface area (Å²) in [5, 5.41) is 0. The van der Waals surface area contributed by atoms with Crippen molar-refractivity contribution in [2.24, 2.45) is 0 Å². The highest BCUT2D eigenvalue weighted by molar-refractivity contribution is 6.08. The van der Waals surface area contributed by atoms with Crippen molar-refractivity contribution >= 4 is 23.3 Å². The molecule has 2 aliphatic rings. The van der Waals surface area contributed by atoms with Gasteiger partial charge in [-0.3, -0.25) is 9.59 Å². The number of nitrogens with zero attached hydrogens (tertiary/aromatic N) is 4. The minimum atomic E-state index is -0.604. The zero-order valence-electron chi connectivity index (χ0n) is 20.8. The van der Waals surface area contributed by atoms with Gasteiger partial charge in [-0.1, -0.05) is 24.5 Å². The molecule has 3 aromatic rings. The molecule has 1 saturated carbocycles. The number of rotatable bonds is 5. The summed E-state index contributed by atoms with van der Waals surface area (Å²) in [6, 6.07) is 7.46. The first-order valence-corrected chi connectivity index (χ1v) is 12.2. The molecule has 1 aliphatic carbocycles. The Balaban J connectivity index is 1.49. The number of fused-ring (bicyclic) bond motifs is 1. The normalized spacial score (nSPS) is 14.4. The lowest BCUT2D eigenvalue weighted by molar-refractivity contribution is -0.124. The number of aromatic nitrogens is 2. The fourth-order valence-corrected chi connectivity index (χ4v) is 4.58. The van der Waals surface area contributed by atoms with Crippen molar-refractivity contribution in [2.75, 3.05) is 30.8 Å². The largest absolute Gasteiger partial charge is 0.383 e. The summed E-state index contributed by atoms with van der Waals surface area (Å²) in [6.07, 6.45) is 4.95. The van der Waals surface area contributed by atoms with Gasteiger partial charge in [0.15, 0.2) is 0 Å². The number of nitrogens with two attached hydrogens (primary N) is 1. The summed E-state index contributed by atoms with van der Waals surface area (Å²) >= 11 is 0. The molecule has 0 radical (unpaired) electrons. The van der Waals surface area contributed by atoms with Gasteiger partial charge in [-0.2, -0.15) is 0 Å². The molecule has 192 valence electrons. The van der Waals surface area contributed by atoms with E-state index in [1.807, 2.05) is 6.07 Å². The van der Waals surface area contributed by atoms with Gasteiger partial charge in [-0.25, -0.2) is 18.7 Å². The number of carbonyl (C=O) groups is 2. The van der Waals surface area contributed by atoms with Gasteiger partial charge in [0.05, 0.1) is 23.4 Å². The Bertz CT molecular complexity index is 1540. The van der Waals surface area contributed by atoms with Crippen LogP contribution in [0.15, 0.2) is 49.3 Å². The first kappa shape index (κ1) is 25.1. The number of hydrogen-bond acceptors (Lipinski definition) is 5. The van der Waals surface area contributed by atoms with Crippen LogP contribution in [-0.4, -0.2) is 46.8 Å². The number of likely N-dealkylation sites (N-methyl/N-ethyl adjacent to an activating group) is 1. The molecule has 7 nitrogen and oxygen atoms in total. The molecule has 0 atom stereocenters. The topological polar surface area (TPSA) is 92.4 Å². The molecule has 0 saturated heterocycles. The molecule has 1 aliphatic heterocycles. The van der Waals surface area contributed by atoms with Crippen LogP contribution in [0.1, 0.15) is 45.8 Å². The number of halogens is 2. The van der Waals surface area contributed by atoms with E-state index in [2.05, 4.69) is 28.4 Å². The average Bonchev–Trinajstić information content (AvgIpc) is 3.74. The lowest BCUT2D eigenvalue weighted by Gasteiger charge is -2.29. The smallest absolute Gasteiger partial charge is 0.261 e. The highest BCUT2D eigenvalue weighted by atomic mass is 19.1. The zero-order valence-corrected chi connectivity index (χ0v) is 20.8. The predicted molar refractivity (Wildman–Crippen MR) is 140 cm³/mol. The summed E-state index contributed by atoms with van der Waals surface area (Å²) in [5.41, 5.74) is 8.85. The number of carbonyl (C=O) groups excluding carboxylic acids is 2. The quantitative estimate of drug-likeness (QED) is 0.410. The summed E-state index contributed by atoms with van der Waals surface area (Å²) in [5.74, 6) is 4.23. The predicted octanol–water partition coefficient (Wildman–Crippen LogP) is 4.08. The van der Waals surface area contributed by atoms with Crippen LogP contribution in [0.2, 0.25) is 0 Å². The molecule has 2 aromatic carbocycles. The first-order chi connectivity index (χ1) is 18.3. The number of amides is 2. The number of nitrogen functional groups attached to an aromatic ring is 1. The Hall–Kier alpha value is -4.58. The van der Waals surface area contributed by atoms with Gasteiger partial charge in [0.1, 0.15) is 23.8 Å². The minimum Gasteiger partial charge on any atom is -0.383 e. The van der Waals surface area contributed by atoms with Gasteiger partial charge in [0.2, 0.25) is 5.91 Å². The zero-order chi connectivity index (χ0) is 27.0. The fourth-order valence-electron chi connectivity index (χ4n) is 4.58. The molecule has 9 heteroatoms. The number of anilines is 2. The highest BCUT2D eigenvalue weighted by Gasteiger charge is 2.32. The van der Waals surface area contributed by atoms with Crippen molar-refractivity contribution in [3.63, 3.8) is 0 Å². The van der Waals surface area contributed by atoms with Crippen molar-refractivity contribution in [1.29, 1.82) is 0 Å². The molecule has 38 heavy (non-hydrogen) atoms. The third-order valence-electron chi connectivity index (χ3n) is 6.73. The molecule has 0 spiro atoms. The Morgan fingerprint density at radius 2 is 2.03 bits per heavy atom. The van der Waals surface area contributed by atoms with Crippen molar-refractivity contribution in [3.05, 3.63) is 83.2 Å². The maximum atomic E-state index is 15.0. The Morgan fingerprint density at radius 1 is 1.24 bits per heavy atom. The van der Waals surface area contributed by atoms with Crippen LogP contribution in [0.4, 0.5) is 20.3 Å². The summed E-state index contributed by atoms with van der Waals surface area (Å²) in [4.78, 5) is 36.1. The van der Waals surface area contributed by atoms with Gasteiger partial charge < -0.3 is 15.5 Å². The standard InChI is InChI=1S/C29H25F2N5O2/c1-3-25(37)35(2)9-4-5-23-27(33-16-34-28(23)32)20-12-21(30)15-22(13-20)36-10-8-18-11-19(17-6-7-17)14-24(31)26(18)29(36)38/h3,11-17H,1,6-10H2,2H3,(H2,32,33,34). The van der Waals surface area contributed by atoms with E-state index in [1.165, 1.54) is 40.4 Å². The molecular weight excluding hydrogens is 488 g/mol. The van der Waals surface area contributed by atoms with Crippen molar-refractivity contribution < 1.29 is 18.4 Å². The molecule has 0 bridgehead atoms. The minimum absolute atomic E-state index is 0.0301. The van der Waals surface area contributed by atoms with Crippen LogP contribution in [0.3, 0.4) is 0 Å². The van der Waals surface area contributed by atoms with Gasteiger partial charge in [-0.15, -0.1) is 0 Å². The van der Waals surface area contributed by atoms with E-state index in [0.717, 1.165) is 18.4 Å². The molecule has 1 aromatic heterocycles. The third kappa shape index (κ3) is 4.85. The van der Waals surface area contributed by atoms with E-state index >= 15 is 4.39 Å². The third-order valence-corrected chi connectivity index (χ3v) is 6.73. The molecule has 0 unspecified atom stereocenters. The van der Waals surface area contributed by atoms with E-state index in [1.54, 1.807) is 13.1 Å². The summed E-state index contributed by atoms with van der Waals surface area (Å²) in [7, 11) is 1.58. The van der Waals surface area contributed by atoms with E-state index in [9.17, 15) is 14.0 Å². The van der Waals surface area contributed by atoms with E-state index in [-0.39, 0.29) is 47.3 Å². The lowest BCUT2D eigenvalue weighted by atomic mass is 9.94. The van der Waals surface area contributed by atoms with Gasteiger partial charge >= 0.3 is 0 Å². The molecule has 2 amide bonds. The maximum Gasteiger partial charge on any atom is 0.261 e. The van der Waals surface area contributed by atoms with Crippen LogP contribution < -0.4 is 10.6 Å². The van der Waals surface area contributed by atoms with Crippen molar-refractivity contribution in [3.8, 4) is 23.1 Å². The monoisotopic (exact) mass is 513 g/mol. The van der Waals surface area contributed by atoms with Crippen molar-refractivity contribution in [1.82, 2.24) is 14.9 Å². The second-order valence-corrected chi connectivity index (χ2v) is 9.40. The SMILES string of the molecule is C=CC(=O)N(C)CC#Cc1c(N)ncnc1-c1cc(F)cc(N2CCc3cc(C4CC4)cc(F)c3C2=O)c1. The summed E-state index contributed by atoms with van der Waals surface area (Å²) in [6.45, 7) is 3.83. The van der Waals surface area contributed by atoms with Crippen LogP contribution in [0.5, 0.6) is 0 Å². The number of benzene rings is 2. The van der Waals surface area contributed by atoms with Crippen LogP contribution in [0, 0.1) is 23.5 Å². The average molecular weight is 514 g/mol. The van der Waals surface area contributed by atoms with Crippen molar-refractivity contribution in [2.45, 2.75) is 25.2 Å². The maximum absolute atomic E-state index is 15.0. The van der Waals surface area contributed by atoms with Crippen LogP contribution in [0.25, 0.3) is 11.3 Å². The second-order valence-electron chi connectivity index (χ2n) is 9.40. The van der Waals surface area contributed by atoms with Crippen LogP contribution >= 0.6 is 0 Å². The Labute approximate surface area is 219 Å². The molecule has 1 fully saturated rings. The Morgan fingerprint density at radius 3 is 2.76 bits per heavy atom. The van der Waals surface area contributed by atoms with Gasteiger partial charge in [0, 0.05) is 24.8 Å². The Kier molecular flexibility index (Phi) is 6.64.